The minimum atomic E-state index is -3.57. The number of hydrogen-bond acceptors (Lipinski definition) is 4. The van der Waals surface area contributed by atoms with Gasteiger partial charge in [0.25, 0.3) is 5.91 Å². The van der Waals surface area contributed by atoms with Crippen LogP contribution in [0.5, 0.6) is 5.75 Å². The van der Waals surface area contributed by atoms with Crippen molar-refractivity contribution in [3.8, 4) is 5.75 Å². The number of rotatable bonds is 5. The third-order valence-corrected chi connectivity index (χ3v) is 7.34. The summed E-state index contributed by atoms with van der Waals surface area (Å²) in [6.45, 7) is 8.82. The molecule has 3 rings (SSSR count). The fourth-order valence-corrected chi connectivity index (χ4v) is 5.29. The fourth-order valence-electron chi connectivity index (χ4n) is 3.55. The van der Waals surface area contributed by atoms with E-state index in [4.69, 9.17) is 4.74 Å². The molecule has 0 aromatic heterocycles. The topological polar surface area (TPSA) is 66.9 Å². The van der Waals surface area contributed by atoms with Crippen LogP contribution in [0, 0.1) is 27.7 Å². The molecule has 29 heavy (non-hydrogen) atoms. The molecule has 6 nitrogen and oxygen atoms in total. The second kappa shape index (κ2) is 8.55. The predicted molar refractivity (Wildman–Crippen MR) is 113 cm³/mol. The summed E-state index contributed by atoms with van der Waals surface area (Å²) in [5.74, 6) is 0.605. The molecule has 1 fully saturated rings. The maximum Gasteiger partial charge on any atom is 0.260 e. The summed E-state index contributed by atoms with van der Waals surface area (Å²) in [5, 5.41) is 0. The van der Waals surface area contributed by atoms with Crippen LogP contribution in [0.3, 0.4) is 0 Å². The molecule has 0 atom stereocenters. The molecule has 1 heterocycles. The maximum absolute atomic E-state index is 13.0. The molecule has 0 spiro atoms. The van der Waals surface area contributed by atoms with E-state index in [-0.39, 0.29) is 25.6 Å². The van der Waals surface area contributed by atoms with Crippen molar-refractivity contribution in [2.45, 2.75) is 32.6 Å². The standard InChI is InChI=1S/C22H28N2O4S/c1-16-8-9-17(2)20(14-16)29(26,27)24-12-10-23(11-13-24)21(25)15-28-22-18(3)6-5-7-19(22)4/h5-9,14H,10-13,15H2,1-4H3. The van der Waals surface area contributed by atoms with Crippen LogP contribution >= 0.6 is 0 Å². The number of nitrogens with zero attached hydrogens (tertiary/aromatic N) is 2. The SMILES string of the molecule is Cc1ccc(C)c(S(=O)(=O)N2CCN(C(=O)COc3c(C)cccc3C)CC2)c1. The molecule has 7 heteroatoms. The Morgan fingerprint density at radius 3 is 2.17 bits per heavy atom. The van der Waals surface area contributed by atoms with Gasteiger partial charge in [0.1, 0.15) is 5.75 Å². The molecule has 0 N–H and O–H groups in total. The van der Waals surface area contributed by atoms with Gasteiger partial charge in [-0.3, -0.25) is 4.79 Å². The first kappa shape index (κ1) is 21.3. The van der Waals surface area contributed by atoms with Crippen molar-refractivity contribution in [1.82, 2.24) is 9.21 Å². The van der Waals surface area contributed by atoms with Crippen LogP contribution in [0.4, 0.5) is 0 Å². The van der Waals surface area contributed by atoms with E-state index in [0.29, 0.717) is 18.0 Å². The van der Waals surface area contributed by atoms with E-state index in [2.05, 4.69) is 0 Å². The molecule has 2 aromatic rings. The number of benzene rings is 2. The highest BCUT2D eigenvalue weighted by Crippen LogP contribution is 2.24. The first-order chi connectivity index (χ1) is 13.7. The molecule has 0 radical (unpaired) electrons. The molecule has 0 unspecified atom stereocenters. The fraction of sp³-hybridized carbons (Fsp3) is 0.409. The molecular formula is C22H28N2O4S. The summed E-state index contributed by atoms with van der Waals surface area (Å²) < 4.78 is 33.3. The average Bonchev–Trinajstić information content (AvgIpc) is 2.69. The second-order valence-corrected chi connectivity index (χ2v) is 9.47. The van der Waals surface area contributed by atoms with Gasteiger partial charge in [0.2, 0.25) is 10.0 Å². The first-order valence-electron chi connectivity index (χ1n) is 9.74. The normalized spacial score (nSPS) is 15.4. The van der Waals surface area contributed by atoms with Crippen molar-refractivity contribution < 1.29 is 17.9 Å². The number of carbonyl (C=O) groups is 1. The van der Waals surface area contributed by atoms with Gasteiger partial charge >= 0.3 is 0 Å². The molecule has 0 bridgehead atoms. The van der Waals surface area contributed by atoms with Gasteiger partial charge in [-0.1, -0.05) is 30.3 Å². The minimum Gasteiger partial charge on any atom is -0.483 e. The quantitative estimate of drug-likeness (QED) is 0.752. The largest absolute Gasteiger partial charge is 0.483 e. The van der Waals surface area contributed by atoms with Crippen LogP contribution in [0.1, 0.15) is 22.3 Å². The first-order valence-corrected chi connectivity index (χ1v) is 11.2. The van der Waals surface area contributed by atoms with Gasteiger partial charge < -0.3 is 9.64 Å². The van der Waals surface area contributed by atoms with E-state index in [1.807, 2.05) is 51.1 Å². The van der Waals surface area contributed by atoms with E-state index >= 15 is 0 Å². The highest BCUT2D eigenvalue weighted by atomic mass is 32.2. The Bertz CT molecular complexity index is 989. The summed E-state index contributed by atoms with van der Waals surface area (Å²) in [7, 11) is -3.57. The maximum atomic E-state index is 13.0. The number of carbonyl (C=O) groups excluding carboxylic acids is 1. The van der Waals surface area contributed by atoms with Gasteiger partial charge in [0.15, 0.2) is 6.61 Å². The number of sulfonamides is 1. The molecule has 2 aromatic carbocycles. The Hall–Kier alpha value is -2.38. The predicted octanol–water partition coefficient (Wildman–Crippen LogP) is 2.83. The Morgan fingerprint density at radius 2 is 1.55 bits per heavy atom. The van der Waals surface area contributed by atoms with Crippen molar-refractivity contribution in [3.05, 3.63) is 58.7 Å². The molecule has 156 valence electrons. The van der Waals surface area contributed by atoms with Crippen LogP contribution < -0.4 is 4.74 Å². The van der Waals surface area contributed by atoms with Crippen molar-refractivity contribution in [3.63, 3.8) is 0 Å². The van der Waals surface area contributed by atoms with Crippen molar-refractivity contribution >= 4 is 15.9 Å². The summed E-state index contributed by atoms with van der Waals surface area (Å²) in [4.78, 5) is 14.6. The van der Waals surface area contributed by atoms with Gasteiger partial charge in [-0.05, 0) is 56.0 Å². The van der Waals surface area contributed by atoms with Gasteiger partial charge in [0, 0.05) is 26.2 Å². The summed E-state index contributed by atoms with van der Waals surface area (Å²) in [5.41, 5.74) is 3.62. The number of amides is 1. The monoisotopic (exact) mass is 416 g/mol. The van der Waals surface area contributed by atoms with Gasteiger partial charge in [-0.15, -0.1) is 0 Å². The average molecular weight is 417 g/mol. The Labute approximate surface area is 173 Å². The lowest BCUT2D eigenvalue weighted by Crippen LogP contribution is -2.51. The van der Waals surface area contributed by atoms with Crippen LogP contribution in [-0.2, 0) is 14.8 Å². The van der Waals surface area contributed by atoms with E-state index < -0.39 is 10.0 Å². The highest BCUT2D eigenvalue weighted by Gasteiger charge is 2.31. The minimum absolute atomic E-state index is 0.0462. The second-order valence-electron chi connectivity index (χ2n) is 7.56. The number of aryl methyl sites for hydroxylation is 4. The zero-order chi connectivity index (χ0) is 21.2. The molecule has 1 saturated heterocycles. The van der Waals surface area contributed by atoms with Crippen molar-refractivity contribution in [2.75, 3.05) is 32.8 Å². The Balaban J connectivity index is 1.61. The van der Waals surface area contributed by atoms with Crippen LogP contribution in [0.2, 0.25) is 0 Å². The third kappa shape index (κ3) is 4.62. The molecule has 1 aliphatic rings. The van der Waals surface area contributed by atoms with Crippen molar-refractivity contribution in [1.29, 1.82) is 0 Å². The van der Waals surface area contributed by atoms with Gasteiger partial charge in [-0.25, -0.2) is 8.42 Å². The van der Waals surface area contributed by atoms with Crippen LogP contribution in [-0.4, -0.2) is 56.3 Å². The Kier molecular flexibility index (Phi) is 6.29. The lowest BCUT2D eigenvalue weighted by molar-refractivity contribution is -0.134. The lowest BCUT2D eigenvalue weighted by Gasteiger charge is -2.34. The van der Waals surface area contributed by atoms with Crippen molar-refractivity contribution in [2.24, 2.45) is 0 Å². The third-order valence-electron chi connectivity index (χ3n) is 5.30. The molecule has 0 saturated carbocycles. The summed E-state index contributed by atoms with van der Waals surface area (Å²) in [6.07, 6.45) is 0. The molecule has 0 aliphatic carbocycles. The van der Waals surface area contributed by atoms with Gasteiger partial charge in [-0.2, -0.15) is 4.31 Å². The van der Waals surface area contributed by atoms with E-state index in [9.17, 15) is 13.2 Å². The smallest absolute Gasteiger partial charge is 0.260 e. The molecular weight excluding hydrogens is 388 g/mol. The Morgan fingerprint density at radius 1 is 0.931 bits per heavy atom. The van der Waals surface area contributed by atoms with E-state index in [0.717, 1.165) is 28.0 Å². The zero-order valence-electron chi connectivity index (χ0n) is 17.4. The number of hydrogen-bond donors (Lipinski definition) is 0. The van der Waals surface area contributed by atoms with Crippen LogP contribution in [0.25, 0.3) is 0 Å². The van der Waals surface area contributed by atoms with E-state index in [1.165, 1.54) is 4.31 Å². The van der Waals surface area contributed by atoms with Crippen LogP contribution in [0.15, 0.2) is 41.3 Å². The summed E-state index contributed by atoms with van der Waals surface area (Å²) >= 11 is 0. The lowest BCUT2D eigenvalue weighted by atomic mass is 10.1. The number of ether oxygens (including phenoxy) is 1. The zero-order valence-corrected chi connectivity index (χ0v) is 18.3. The highest BCUT2D eigenvalue weighted by molar-refractivity contribution is 7.89. The van der Waals surface area contributed by atoms with Gasteiger partial charge in [0.05, 0.1) is 4.90 Å². The number of para-hydroxylation sites is 1. The molecule has 1 aliphatic heterocycles. The summed E-state index contributed by atoms with van der Waals surface area (Å²) in [6, 6.07) is 11.3. The number of piperazine rings is 1. The molecule has 1 amide bonds. The van der Waals surface area contributed by atoms with E-state index in [1.54, 1.807) is 17.9 Å².